The first-order valence-electron chi connectivity index (χ1n) is 25.8. The Kier molecular flexibility index (Phi) is 15.8. The van der Waals surface area contributed by atoms with E-state index >= 15 is 0 Å². The van der Waals surface area contributed by atoms with Crippen LogP contribution in [0.1, 0.15) is 114 Å². The molecule has 82 heavy (non-hydrogen) atoms. The zero-order valence-electron chi connectivity index (χ0n) is 44.0. The van der Waals surface area contributed by atoms with Gasteiger partial charge in [0.15, 0.2) is 23.1 Å². The van der Waals surface area contributed by atoms with Crippen LogP contribution in [0, 0.1) is 23.7 Å². The lowest BCUT2D eigenvalue weighted by Crippen LogP contribution is -2.12. The number of fused-ring (bicyclic) bond motifs is 4. The average Bonchev–Trinajstić information content (AvgIpc) is 4.39. The highest BCUT2D eigenvalue weighted by atomic mass is 19.4. The third-order valence-corrected chi connectivity index (χ3v) is 15.1. The molecule has 4 aliphatic rings. The highest BCUT2D eigenvalue weighted by Crippen LogP contribution is 2.46. The van der Waals surface area contributed by atoms with Gasteiger partial charge in [-0.25, -0.2) is 0 Å². The summed E-state index contributed by atoms with van der Waals surface area (Å²) in [7, 11) is 0. The average molecular weight is 1140 g/mol. The minimum absolute atomic E-state index is 0.0977. The van der Waals surface area contributed by atoms with Gasteiger partial charge in [-0.1, -0.05) is 107 Å². The molecule has 18 heteroatoms. The molecule has 6 aromatic carbocycles. The van der Waals surface area contributed by atoms with Crippen molar-refractivity contribution in [2.24, 2.45) is 23.7 Å². The summed E-state index contributed by atoms with van der Waals surface area (Å²) in [4.78, 5) is 47.9. The molecular formula is C64H48F12O6. The molecule has 12 rings (SSSR count). The van der Waals surface area contributed by atoms with Gasteiger partial charge >= 0.3 is 24.7 Å². The molecule has 0 aliphatic heterocycles. The Hall–Kier alpha value is -8.28. The smallest absolute Gasteiger partial charge is 0.417 e. The van der Waals surface area contributed by atoms with Crippen molar-refractivity contribution in [1.82, 2.24) is 0 Å². The summed E-state index contributed by atoms with van der Waals surface area (Å²) >= 11 is 0. The molecule has 0 fully saturated rings. The van der Waals surface area contributed by atoms with Gasteiger partial charge in [0.1, 0.15) is 5.76 Å². The van der Waals surface area contributed by atoms with E-state index in [0.29, 0.717) is 46.9 Å². The van der Waals surface area contributed by atoms with Gasteiger partial charge in [0, 0.05) is 57.1 Å². The number of carbonyl (C=O) groups is 4. The molecule has 0 N–H and O–H groups in total. The van der Waals surface area contributed by atoms with Crippen LogP contribution in [-0.4, -0.2) is 23.1 Å². The highest BCUT2D eigenvalue weighted by Gasteiger charge is 2.41. The zero-order chi connectivity index (χ0) is 59.4. The van der Waals surface area contributed by atoms with Crippen LogP contribution in [0.3, 0.4) is 0 Å². The van der Waals surface area contributed by atoms with Crippen molar-refractivity contribution in [1.29, 1.82) is 0 Å². The van der Waals surface area contributed by atoms with Gasteiger partial charge in [-0.3, -0.25) is 19.2 Å². The van der Waals surface area contributed by atoms with Gasteiger partial charge < -0.3 is 8.83 Å². The Morgan fingerprint density at radius 2 is 0.744 bits per heavy atom. The first-order chi connectivity index (χ1) is 38.5. The molecule has 0 saturated carbocycles. The van der Waals surface area contributed by atoms with Crippen LogP contribution in [0.15, 0.2) is 155 Å². The minimum atomic E-state index is -4.95. The van der Waals surface area contributed by atoms with Gasteiger partial charge in [0.05, 0.1) is 41.0 Å². The summed E-state index contributed by atoms with van der Waals surface area (Å²) in [5.41, 5.74) is 3.30. The summed E-state index contributed by atoms with van der Waals surface area (Å²) in [5, 5.41) is 0. The molecule has 0 spiro atoms. The topological polar surface area (TPSA) is 94.6 Å². The fourth-order valence-corrected chi connectivity index (χ4v) is 11.0. The number of furan rings is 2. The second-order valence-electron chi connectivity index (χ2n) is 20.7. The van der Waals surface area contributed by atoms with Gasteiger partial charge in [0.2, 0.25) is 0 Å². The lowest BCUT2D eigenvalue weighted by atomic mass is 9.91. The molecule has 4 aliphatic carbocycles. The Morgan fingerprint density at radius 3 is 1.13 bits per heavy atom. The first kappa shape index (κ1) is 58.4. The first-order valence-corrected chi connectivity index (χ1v) is 25.8. The maximum Gasteiger partial charge on any atom is 0.417 e. The van der Waals surface area contributed by atoms with E-state index in [4.69, 9.17) is 8.83 Å². The van der Waals surface area contributed by atoms with E-state index in [-0.39, 0.29) is 87.6 Å². The van der Waals surface area contributed by atoms with E-state index in [0.717, 1.165) is 58.0 Å². The molecular weight excluding hydrogens is 1090 g/mol. The Balaban J connectivity index is 0.000000134. The van der Waals surface area contributed by atoms with Crippen LogP contribution in [0.5, 0.6) is 0 Å². The van der Waals surface area contributed by atoms with Crippen molar-refractivity contribution in [3.8, 4) is 44.7 Å². The van der Waals surface area contributed by atoms with Crippen LogP contribution < -0.4 is 0 Å². The largest absolute Gasteiger partial charge is 0.472 e. The molecule has 424 valence electrons. The number of ketones is 4. The molecule has 0 saturated heterocycles. The number of hydrogen-bond acceptors (Lipinski definition) is 6. The van der Waals surface area contributed by atoms with E-state index in [1.807, 2.05) is 62.4 Å². The van der Waals surface area contributed by atoms with E-state index in [1.54, 1.807) is 38.7 Å². The number of Topliss-reactive ketones (excluding diaryl/α,β-unsaturated/α-hetero) is 4. The molecule has 0 radical (unpaired) electrons. The number of hydrogen-bond donors (Lipinski definition) is 0. The normalized spacial score (nSPS) is 18.1. The van der Waals surface area contributed by atoms with Crippen LogP contribution in [0.4, 0.5) is 52.7 Å². The van der Waals surface area contributed by atoms with E-state index < -0.39 is 47.0 Å². The van der Waals surface area contributed by atoms with Crippen LogP contribution >= 0.6 is 0 Å². The van der Waals surface area contributed by atoms with Crippen LogP contribution in [0.25, 0.3) is 44.7 Å². The maximum atomic E-state index is 13.4. The fraction of sp³-hybridized carbons (Fsp3) is 0.250. The number of halogens is 12. The van der Waals surface area contributed by atoms with Gasteiger partial charge in [-0.05, 0) is 124 Å². The highest BCUT2D eigenvalue weighted by molar-refractivity contribution is 6.06. The summed E-state index contributed by atoms with van der Waals surface area (Å²) < 4.78 is 167. The lowest BCUT2D eigenvalue weighted by molar-refractivity contribution is -0.144. The monoisotopic (exact) mass is 1140 g/mol. The van der Waals surface area contributed by atoms with Crippen molar-refractivity contribution in [2.45, 2.75) is 78.1 Å². The lowest BCUT2D eigenvalue weighted by Gasteiger charge is -2.18. The molecule has 8 aromatic rings. The quantitative estimate of drug-likeness (QED) is 0.163. The van der Waals surface area contributed by atoms with Gasteiger partial charge in [-0.15, -0.1) is 0 Å². The SMILES string of the molecule is CC1Cc2c(cccc2-c2cc(C(F)(F)F)cc(C(F)(F)F)c2)C1=O.CC1Cc2c(cccc2-c2ccc(C(F)(F)F)cc2C(F)(F)F)C1=O.CC1Cc2c(cccc2-c2ccco2)C1=O.CC1Cc2c(cccc2-c2ccoc2)C1=O. The fourth-order valence-electron chi connectivity index (χ4n) is 11.0. The Labute approximate surface area is 461 Å². The zero-order valence-corrected chi connectivity index (χ0v) is 44.0. The molecule has 4 unspecified atom stereocenters. The number of rotatable bonds is 4. The predicted octanol–water partition coefficient (Wildman–Crippen LogP) is 18.2. The van der Waals surface area contributed by atoms with Gasteiger partial charge in [-0.2, -0.15) is 52.7 Å². The molecule has 0 amide bonds. The van der Waals surface area contributed by atoms with E-state index in [2.05, 4.69) is 6.07 Å². The Bertz CT molecular complexity index is 3620. The number of benzene rings is 6. The third kappa shape index (κ3) is 11.8. The summed E-state index contributed by atoms with van der Waals surface area (Å²) in [6.07, 6.45) is -12.4. The van der Waals surface area contributed by atoms with Crippen molar-refractivity contribution < 1.29 is 80.7 Å². The predicted molar refractivity (Wildman–Crippen MR) is 281 cm³/mol. The maximum absolute atomic E-state index is 13.4. The van der Waals surface area contributed by atoms with Crippen LogP contribution in [0.2, 0.25) is 0 Å². The Morgan fingerprint density at radius 1 is 0.354 bits per heavy atom. The number of carbonyl (C=O) groups excluding carboxylic acids is 4. The van der Waals surface area contributed by atoms with Gasteiger partial charge in [0.25, 0.3) is 0 Å². The minimum Gasteiger partial charge on any atom is -0.472 e. The van der Waals surface area contributed by atoms with Crippen molar-refractivity contribution in [3.05, 3.63) is 213 Å². The standard InChI is InChI=1S/2C18H12F6O.2C14H12O2/c1-9-5-15-13(3-2-4-14(15)16(9)25)10-6-11(17(19,20)21)8-12(7-10)18(22,23)24;1-9-7-14-11(3-2-4-13(14)16(9)25)12-6-5-10(17(19,20)21)8-15(12)18(22,23)24;1-9-8-12-10(13-6-3-7-16-13)4-2-5-11(12)14(9)15;1-9-7-13-11(10-5-6-16-8-10)3-2-4-12(13)14(9)15/h2-4,6-9H,5H2,1H3;2-6,8-9H,7H2,1H3;2-7,9H,8H2,1H3;2-6,8-9H,7H2,1H3. The van der Waals surface area contributed by atoms with E-state index in [9.17, 15) is 71.9 Å². The van der Waals surface area contributed by atoms with Crippen LogP contribution in [-0.2, 0) is 50.4 Å². The molecule has 2 heterocycles. The summed E-state index contributed by atoms with van der Waals surface area (Å²) in [6, 6.07) is 29.4. The molecule has 2 aromatic heterocycles. The number of alkyl halides is 12. The second-order valence-corrected chi connectivity index (χ2v) is 20.7. The van der Waals surface area contributed by atoms with Crippen molar-refractivity contribution >= 4 is 23.1 Å². The summed E-state index contributed by atoms with van der Waals surface area (Å²) in [6.45, 7) is 7.32. The van der Waals surface area contributed by atoms with Crippen molar-refractivity contribution in [3.63, 3.8) is 0 Å². The molecule has 6 nitrogen and oxygen atoms in total. The third-order valence-electron chi connectivity index (χ3n) is 15.1. The van der Waals surface area contributed by atoms with Crippen molar-refractivity contribution in [2.75, 3.05) is 0 Å². The molecule has 4 atom stereocenters. The summed E-state index contributed by atoms with van der Waals surface area (Å²) in [5.74, 6) is 0.554. The second kappa shape index (κ2) is 22.2. The van der Waals surface area contributed by atoms with E-state index in [1.165, 1.54) is 35.9 Å². The molecule has 0 bridgehead atoms.